The van der Waals surface area contributed by atoms with E-state index in [9.17, 15) is 9.18 Å². The van der Waals surface area contributed by atoms with Gasteiger partial charge in [-0.3, -0.25) is 9.88 Å². The molecule has 10 nitrogen and oxygen atoms in total. The zero-order valence-corrected chi connectivity index (χ0v) is 27.1. The average molecular weight is 649 g/mol. The first kappa shape index (κ1) is 31.6. The van der Waals surface area contributed by atoms with Crippen molar-refractivity contribution in [3.63, 3.8) is 0 Å². The number of anilines is 2. The molecule has 1 amide bonds. The fourth-order valence-electron chi connectivity index (χ4n) is 5.92. The van der Waals surface area contributed by atoms with Crippen LogP contribution in [0.2, 0.25) is 5.02 Å². The summed E-state index contributed by atoms with van der Waals surface area (Å²) < 4.78 is 36.9. The molecule has 6 rings (SSSR count). The van der Waals surface area contributed by atoms with Crippen molar-refractivity contribution in [2.24, 2.45) is 0 Å². The van der Waals surface area contributed by atoms with Crippen LogP contribution in [0.15, 0.2) is 36.5 Å². The van der Waals surface area contributed by atoms with Gasteiger partial charge in [0.15, 0.2) is 5.82 Å². The molecule has 2 fully saturated rings. The van der Waals surface area contributed by atoms with Gasteiger partial charge < -0.3 is 24.3 Å². The fraction of sp³-hybridized carbons (Fsp3) is 0.424. The highest BCUT2D eigenvalue weighted by Crippen LogP contribution is 2.39. The Bertz CT molecular complexity index is 1870. The normalized spacial score (nSPS) is 17.5. The quantitative estimate of drug-likeness (QED) is 0.249. The van der Waals surface area contributed by atoms with Gasteiger partial charge in [-0.2, -0.15) is 4.98 Å². The first-order valence-corrected chi connectivity index (χ1v) is 15.5. The number of benzene rings is 2. The average Bonchev–Trinajstić information content (AvgIpc) is 2.97. The zero-order valence-electron chi connectivity index (χ0n) is 26.4. The smallest absolute Gasteiger partial charge is 0.410 e. The molecule has 0 N–H and O–H groups in total. The topological polar surface area (TPSA) is 82.3 Å². The molecule has 13 heteroatoms. The van der Waals surface area contributed by atoms with Gasteiger partial charge in [0.25, 0.3) is 0 Å². The number of hydrogen-bond donors (Lipinski definition) is 0. The third-order valence-corrected chi connectivity index (χ3v) is 8.80. The minimum atomic E-state index is -0.683. The first-order valence-electron chi connectivity index (χ1n) is 15.1. The Hall–Kier alpha value is -4.34. The summed E-state index contributed by atoms with van der Waals surface area (Å²) in [5, 5.41) is 1.29. The van der Waals surface area contributed by atoms with Crippen LogP contribution >= 0.6 is 11.6 Å². The minimum Gasteiger partial charge on any atom is -0.444 e. The Balaban J connectivity index is 1.45. The maximum Gasteiger partial charge on any atom is 0.410 e. The van der Waals surface area contributed by atoms with Crippen molar-refractivity contribution in [3.8, 4) is 11.3 Å². The van der Waals surface area contributed by atoms with Crippen molar-refractivity contribution in [3.05, 3.63) is 64.6 Å². The van der Waals surface area contributed by atoms with E-state index < -0.39 is 29.4 Å². The SMILES string of the molecule is [C-]#[N+]C[C@H]1CN(c2nc(N3CC(N(C)C)C3)nc3c(F)c(-c4cccc5ccc(F)c(Cl)c45)ncc23)CCN1C(=O)OC(C)(C)C. The minimum absolute atomic E-state index is 0.00314. The summed E-state index contributed by atoms with van der Waals surface area (Å²) in [6.45, 7) is 15.3. The van der Waals surface area contributed by atoms with Gasteiger partial charge in [-0.15, -0.1) is 0 Å². The molecule has 46 heavy (non-hydrogen) atoms. The molecular formula is C33H35ClF2N8O2. The zero-order chi connectivity index (χ0) is 32.9. The molecule has 0 unspecified atom stereocenters. The van der Waals surface area contributed by atoms with E-state index in [2.05, 4.69) is 14.7 Å². The number of piperazine rings is 1. The van der Waals surface area contributed by atoms with Crippen LogP contribution in [0.3, 0.4) is 0 Å². The molecule has 2 saturated heterocycles. The van der Waals surface area contributed by atoms with Gasteiger partial charge in [0, 0.05) is 55.9 Å². The number of carbonyl (C=O) groups is 1. The van der Waals surface area contributed by atoms with E-state index in [-0.39, 0.29) is 35.9 Å². The Morgan fingerprint density at radius 1 is 1.11 bits per heavy atom. The molecule has 2 aromatic carbocycles. The van der Waals surface area contributed by atoms with Crippen molar-refractivity contribution in [2.75, 3.05) is 63.2 Å². The van der Waals surface area contributed by atoms with Crippen LogP contribution < -0.4 is 9.80 Å². The van der Waals surface area contributed by atoms with Gasteiger partial charge >= 0.3 is 6.09 Å². The monoisotopic (exact) mass is 648 g/mol. The van der Waals surface area contributed by atoms with Crippen LogP contribution in [0, 0.1) is 18.2 Å². The number of fused-ring (bicyclic) bond motifs is 2. The number of ether oxygens (including phenoxy) is 1. The second kappa shape index (κ2) is 12.1. The number of aromatic nitrogens is 3. The molecule has 0 bridgehead atoms. The predicted molar refractivity (Wildman–Crippen MR) is 175 cm³/mol. The first-order chi connectivity index (χ1) is 21.9. The fourth-order valence-corrected chi connectivity index (χ4v) is 6.20. The standard InChI is InChI=1S/C33H35ClF2N8O2/c1-33(2,3)46-32(45)44-13-12-42(16-20(44)14-37-4)30-23-15-38-28(22-9-7-8-19-10-11-24(35)26(34)25(19)22)27(36)29(23)39-31(40-30)43-17-21(18-43)41(5)6/h7-11,15,20-21H,12-14,16-18H2,1-3,5-6H3/t20-/m0/s1. The lowest BCUT2D eigenvalue weighted by Crippen LogP contribution is -2.58. The third kappa shape index (κ3) is 5.85. The van der Waals surface area contributed by atoms with Crippen LogP contribution in [-0.4, -0.2) is 102 Å². The van der Waals surface area contributed by atoms with Gasteiger partial charge in [-0.05, 0) is 46.3 Å². The largest absolute Gasteiger partial charge is 0.444 e. The van der Waals surface area contributed by atoms with Gasteiger partial charge in [0.2, 0.25) is 12.5 Å². The molecular weight excluding hydrogens is 614 g/mol. The third-order valence-electron chi connectivity index (χ3n) is 8.43. The summed E-state index contributed by atoms with van der Waals surface area (Å²) >= 11 is 6.39. The second-order valence-corrected chi connectivity index (χ2v) is 13.3. The molecule has 0 spiro atoms. The molecule has 2 aromatic heterocycles. The van der Waals surface area contributed by atoms with Gasteiger partial charge in [0.05, 0.1) is 10.4 Å². The maximum atomic E-state index is 16.7. The highest BCUT2D eigenvalue weighted by Gasteiger charge is 2.37. The maximum absolute atomic E-state index is 16.7. The number of pyridine rings is 1. The number of hydrogen-bond acceptors (Lipinski definition) is 8. The van der Waals surface area contributed by atoms with Crippen LogP contribution in [0.5, 0.6) is 0 Å². The van der Waals surface area contributed by atoms with E-state index in [0.717, 1.165) is 0 Å². The Labute approximate surface area is 271 Å². The Kier molecular flexibility index (Phi) is 8.33. The number of nitrogens with zero attached hydrogens (tertiary/aromatic N) is 8. The predicted octanol–water partition coefficient (Wildman–Crippen LogP) is 5.87. The lowest BCUT2D eigenvalue weighted by molar-refractivity contribution is 0.0156. The van der Waals surface area contributed by atoms with Crippen LogP contribution in [0.25, 0.3) is 37.8 Å². The summed E-state index contributed by atoms with van der Waals surface area (Å²) in [4.78, 5) is 38.4. The highest BCUT2D eigenvalue weighted by molar-refractivity contribution is 6.36. The van der Waals surface area contributed by atoms with E-state index in [1.54, 1.807) is 49.9 Å². The van der Waals surface area contributed by atoms with E-state index in [4.69, 9.17) is 32.9 Å². The molecule has 4 aromatic rings. The molecule has 1 atom stereocenters. The second-order valence-electron chi connectivity index (χ2n) is 12.9. The van der Waals surface area contributed by atoms with Crippen LogP contribution in [-0.2, 0) is 4.74 Å². The summed E-state index contributed by atoms with van der Waals surface area (Å²) in [5.74, 6) is -0.450. The van der Waals surface area contributed by atoms with Gasteiger partial charge in [-0.1, -0.05) is 35.9 Å². The van der Waals surface area contributed by atoms with E-state index in [1.807, 2.05) is 23.9 Å². The lowest BCUT2D eigenvalue weighted by atomic mass is 10.0. The van der Waals surface area contributed by atoms with Crippen molar-refractivity contribution < 1.29 is 18.3 Å². The summed E-state index contributed by atoms with van der Waals surface area (Å²) in [5.41, 5.74) is -0.268. The molecule has 0 aliphatic carbocycles. The van der Waals surface area contributed by atoms with Crippen molar-refractivity contribution >= 4 is 51.1 Å². The number of halogens is 3. The van der Waals surface area contributed by atoms with Crippen LogP contribution in [0.1, 0.15) is 20.8 Å². The van der Waals surface area contributed by atoms with E-state index >= 15 is 4.39 Å². The molecule has 2 aliphatic rings. The van der Waals surface area contributed by atoms with Gasteiger partial charge in [-0.25, -0.2) is 25.1 Å². The summed E-state index contributed by atoms with van der Waals surface area (Å²) in [6.07, 6.45) is 1.05. The molecule has 4 heterocycles. The molecule has 0 saturated carbocycles. The van der Waals surface area contributed by atoms with Crippen molar-refractivity contribution in [2.45, 2.75) is 38.5 Å². The van der Waals surface area contributed by atoms with Gasteiger partial charge in [0.1, 0.15) is 34.5 Å². The number of rotatable bonds is 5. The molecule has 2 aliphatic heterocycles. The summed E-state index contributed by atoms with van der Waals surface area (Å²) in [7, 11) is 4.01. The van der Waals surface area contributed by atoms with E-state index in [1.165, 1.54) is 12.3 Å². The summed E-state index contributed by atoms with van der Waals surface area (Å²) in [6, 6.07) is 7.90. The number of carbonyl (C=O) groups excluding carboxylic acids is 1. The molecule has 0 radical (unpaired) electrons. The van der Waals surface area contributed by atoms with E-state index in [0.29, 0.717) is 59.2 Å². The number of amides is 1. The van der Waals surface area contributed by atoms with Crippen molar-refractivity contribution in [1.29, 1.82) is 0 Å². The van der Waals surface area contributed by atoms with Crippen LogP contribution in [0.4, 0.5) is 25.3 Å². The number of likely N-dealkylation sites (N-methyl/N-ethyl adjacent to an activating group) is 1. The van der Waals surface area contributed by atoms with Crippen molar-refractivity contribution in [1.82, 2.24) is 24.8 Å². The Morgan fingerprint density at radius 3 is 2.57 bits per heavy atom. The molecule has 240 valence electrons. The lowest BCUT2D eigenvalue weighted by Gasteiger charge is -2.43. The highest BCUT2D eigenvalue weighted by atomic mass is 35.5. The Morgan fingerprint density at radius 2 is 1.87 bits per heavy atom.